The van der Waals surface area contributed by atoms with Gasteiger partial charge in [-0.05, 0) is 17.5 Å². The molecular formula is C27H42O7. The van der Waals surface area contributed by atoms with E-state index in [1.165, 1.54) is 5.56 Å². The van der Waals surface area contributed by atoms with Crippen LogP contribution in [0.1, 0.15) is 24.5 Å². The molecule has 0 fully saturated rings. The summed E-state index contributed by atoms with van der Waals surface area (Å²) in [6.07, 6.45) is 0.926. The zero-order chi connectivity index (χ0) is 24.7. The van der Waals surface area contributed by atoms with Crippen LogP contribution in [0.2, 0.25) is 0 Å². The first-order chi connectivity index (χ1) is 16.7. The second-order valence-electron chi connectivity index (χ2n) is 7.53. The van der Waals surface area contributed by atoms with Crippen molar-refractivity contribution in [2.24, 2.45) is 0 Å². The van der Waals surface area contributed by atoms with Crippen LogP contribution in [0.25, 0.3) is 0 Å². The van der Waals surface area contributed by atoms with Crippen LogP contribution in [0, 0.1) is 0 Å². The summed E-state index contributed by atoms with van der Waals surface area (Å²) < 4.78 is 31.9. The average molecular weight is 479 g/mol. The summed E-state index contributed by atoms with van der Waals surface area (Å²) in [7, 11) is 3.26. The Bertz CT molecular complexity index is 602. The Labute approximate surface area is 204 Å². The fraction of sp³-hybridized carbons (Fsp3) is 0.556. The fourth-order valence-electron chi connectivity index (χ4n) is 2.74. The van der Waals surface area contributed by atoms with E-state index in [9.17, 15) is 0 Å². The van der Waals surface area contributed by atoms with Gasteiger partial charge in [0, 0.05) is 14.2 Å². The summed E-state index contributed by atoms with van der Waals surface area (Å²) in [6, 6.07) is 20.1. The Morgan fingerprint density at radius 2 is 1.03 bits per heavy atom. The predicted molar refractivity (Wildman–Crippen MR) is 133 cm³/mol. The molecule has 0 amide bonds. The van der Waals surface area contributed by atoms with E-state index < -0.39 is 0 Å². The van der Waals surface area contributed by atoms with Gasteiger partial charge in [-0.15, -0.1) is 0 Å². The Balaban J connectivity index is 0.000000340. The summed E-state index contributed by atoms with van der Waals surface area (Å²) in [6.45, 7) is 6.61. The Morgan fingerprint density at radius 3 is 1.41 bits per heavy atom. The minimum Gasteiger partial charge on any atom is -0.394 e. The molecule has 2 aromatic rings. The van der Waals surface area contributed by atoms with Crippen molar-refractivity contribution in [1.29, 1.82) is 0 Å². The minimum absolute atomic E-state index is 0.0264. The quantitative estimate of drug-likeness (QED) is 0.326. The molecule has 7 heteroatoms. The highest BCUT2D eigenvalue weighted by atomic mass is 16.6. The highest BCUT2D eigenvalue weighted by Crippen LogP contribution is 2.01. The largest absolute Gasteiger partial charge is 0.394 e. The van der Waals surface area contributed by atoms with Crippen LogP contribution in [-0.4, -0.2) is 77.8 Å². The van der Waals surface area contributed by atoms with E-state index in [0.29, 0.717) is 52.9 Å². The number of aliphatic hydroxyl groups is 1. The maximum Gasteiger partial charge on any atom is 0.103 e. The molecule has 0 aliphatic heterocycles. The monoisotopic (exact) mass is 478 g/mol. The van der Waals surface area contributed by atoms with Gasteiger partial charge in [-0.3, -0.25) is 0 Å². The number of aliphatic hydroxyl groups excluding tert-OH is 1. The van der Waals surface area contributed by atoms with Gasteiger partial charge in [-0.1, -0.05) is 67.6 Å². The lowest BCUT2D eigenvalue weighted by atomic mass is 10.2. The van der Waals surface area contributed by atoms with Gasteiger partial charge < -0.3 is 33.5 Å². The van der Waals surface area contributed by atoms with Crippen molar-refractivity contribution >= 4 is 0 Å². The topological polar surface area (TPSA) is 75.6 Å². The average Bonchev–Trinajstić information content (AvgIpc) is 2.89. The molecule has 2 unspecified atom stereocenters. The van der Waals surface area contributed by atoms with E-state index in [-0.39, 0.29) is 18.8 Å². The third-order valence-corrected chi connectivity index (χ3v) is 4.90. The smallest absolute Gasteiger partial charge is 0.103 e. The predicted octanol–water partition coefficient (Wildman–Crippen LogP) is 3.87. The van der Waals surface area contributed by atoms with E-state index in [2.05, 4.69) is 19.1 Å². The number of methoxy groups -OCH3 is 2. The van der Waals surface area contributed by atoms with Crippen molar-refractivity contribution in [3.8, 4) is 0 Å². The first-order valence-electron chi connectivity index (χ1n) is 11.8. The Morgan fingerprint density at radius 1 is 0.618 bits per heavy atom. The van der Waals surface area contributed by atoms with Crippen LogP contribution < -0.4 is 0 Å². The summed E-state index contributed by atoms with van der Waals surface area (Å²) in [5.41, 5.74) is 2.34. The van der Waals surface area contributed by atoms with Crippen molar-refractivity contribution in [3.05, 3.63) is 71.8 Å². The molecule has 0 aromatic heterocycles. The second-order valence-corrected chi connectivity index (χ2v) is 7.53. The van der Waals surface area contributed by atoms with Crippen LogP contribution >= 0.6 is 0 Å². The van der Waals surface area contributed by atoms with Crippen LogP contribution in [0.4, 0.5) is 0 Å². The third kappa shape index (κ3) is 15.9. The molecule has 0 heterocycles. The molecule has 7 nitrogen and oxygen atoms in total. The van der Waals surface area contributed by atoms with E-state index in [0.717, 1.165) is 12.0 Å². The van der Waals surface area contributed by atoms with Crippen molar-refractivity contribution in [3.63, 3.8) is 0 Å². The third-order valence-electron chi connectivity index (χ3n) is 4.90. The summed E-state index contributed by atoms with van der Waals surface area (Å²) >= 11 is 0. The van der Waals surface area contributed by atoms with Gasteiger partial charge in [-0.25, -0.2) is 0 Å². The molecule has 1 N–H and O–H groups in total. The molecule has 0 aliphatic carbocycles. The molecule has 2 atom stereocenters. The molecule has 0 aliphatic rings. The molecule has 0 bridgehead atoms. The lowest BCUT2D eigenvalue weighted by molar-refractivity contribution is -0.0354. The molecular weight excluding hydrogens is 436 g/mol. The first kappa shape index (κ1) is 30.2. The van der Waals surface area contributed by atoms with Gasteiger partial charge >= 0.3 is 0 Å². The normalized spacial score (nSPS) is 12.6. The zero-order valence-electron chi connectivity index (χ0n) is 20.9. The molecule has 34 heavy (non-hydrogen) atoms. The van der Waals surface area contributed by atoms with Crippen molar-refractivity contribution in [2.45, 2.75) is 38.8 Å². The van der Waals surface area contributed by atoms with E-state index in [4.69, 9.17) is 33.5 Å². The lowest BCUT2D eigenvalue weighted by Crippen LogP contribution is -2.23. The summed E-state index contributed by atoms with van der Waals surface area (Å²) in [5.74, 6) is 0. The highest BCUT2D eigenvalue weighted by Gasteiger charge is 2.04. The van der Waals surface area contributed by atoms with Crippen molar-refractivity contribution in [2.75, 3.05) is 60.5 Å². The number of rotatable bonds is 18. The Hall–Kier alpha value is -1.84. The lowest BCUT2D eigenvalue weighted by Gasteiger charge is -2.13. The number of ether oxygens (including phenoxy) is 6. The molecule has 192 valence electrons. The minimum atomic E-state index is -0.246. The second kappa shape index (κ2) is 21.7. The van der Waals surface area contributed by atoms with Gasteiger partial charge in [0.2, 0.25) is 0 Å². The maximum atomic E-state index is 8.84. The Kier molecular flexibility index (Phi) is 19.2. The van der Waals surface area contributed by atoms with Crippen LogP contribution in [0.15, 0.2) is 60.7 Å². The molecule has 0 spiro atoms. The van der Waals surface area contributed by atoms with Crippen LogP contribution in [-0.2, 0) is 41.6 Å². The number of hydrogen-bond donors (Lipinski definition) is 1. The molecule has 0 radical (unpaired) electrons. The highest BCUT2D eigenvalue weighted by molar-refractivity contribution is 5.14. The maximum absolute atomic E-state index is 8.84. The van der Waals surface area contributed by atoms with Gasteiger partial charge in [0.05, 0.1) is 65.6 Å². The SMILES string of the molecule is CCC(COCCOCc1ccccc1)OC.COC(CO)COCCOCc1ccccc1. The van der Waals surface area contributed by atoms with E-state index >= 15 is 0 Å². The van der Waals surface area contributed by atoms with E-state index in [1.807, 2.05) is 48.5 Å². The molecule has 0 saturated carbocycles. The number of hydrogen-bond acceptors (Lipinski definition) is 7. The van der Waals surface area contributed by atoms with Crippen LogP contribution in [0.5, 0.6) is 0 Å². The van der Waals surface area contributed by atoms with Crippen molar-refractivity contribution in [1.82, 2.24) is 0 Å². The summed E-state index contributed by atoms with van der Waals surface area (Å²) in [4.78, 5) is 0. The van der Waals surface area contributed by atoms with E-state index in [1.54, 1.807) is 14.2 Å². The van der Waals surface area contributed by atoms with Gasteiger partial charge in [0.15, 0.2) is 0 Å². The molecule has 0 saturated heterocycles. The molecule has 2 aromatic carbocycles. The van der Waals surface area contributed by atoms with Gasteiger partial charge in [0.1, 0.15) is 6.10 Å². The zero-order valence-corrected chi connectivity index (χ0v) is 20.9. The standard InChI is InChI=1S/C14H22O3.C13H20O4/c1-3-14(15-2)12-17-10-9-16-11-13-7-5-4-6-8-13;1-15-13(9-14)11-17-8-7-16-10-12-5-3-2-4-6-12/h4-8,14H,3,9-12H2,1-2H3;2-6,13-14H,7-11H2,1H3. The van der Waals surface area contributed by atoms with Gasteiger partial charge in [0.25, 0.3) is 0 Å². The first-order valence-corrected chi connectivity index (χ1v) is 11.8. The van der Waals surface area contributed by atoms with Crippen molar-refractivity contribution < 1.29 is 33.5 Å². The van der Waals surface area contributed by atoms with Gasteiger partial charge in [-0.2, -0.15) is 0 Å². The number of benzene rings is 2. The van der Waals surface area contributed by atoms with Crippen LogP contribution in [0.3, 0.4) is 0 Å². The fourth-order valence-corrected chi connectivity index (χ4v) is 2.74. The summed E-state index contributed by atoms with van der Waals surface area (Å²) in [5, 5.41) is 8.84. The molecule has 2 rings (SSSR count).